The van der Waals surface area contributed by atoms with Crippen LogP contribution in [0.25, 0.3) is 5.69 Å². The van der Waals surface area contributed by atoms with Crippen molar-refractivity contribution in [3.63, 3.8) is 0 Å². The lowest BCUT2D eigenvalue weighted by molar-refractivity contribution is 0.230. The number of hydrogen-bond acceptors (Lipinski definition) is 3. The van der Waals surface area contributed by atoms with Gasteiger partial charge in [-0.15, -0.1) is 0 Å². The van der Waals surface area contributed by atoms with Crippen molar-refractivity contribution in [1.82, 2.24) is 14.7 Å². The fraction of sp³-hybridized carbons (Fsp3) is 0.550. The van der Waals surface area contributed by atoms with Crippen LogP contribution in [0.15, 0.2) is 28.7 Å². The van der Waals surface area contributed by atoms with Gasteiger partial charge >= 0.3 is 0 Å². The molecule has 1 fully saturated rings. The van der Waals surface area contributed by atoms with Crippen LogP contribution in [0.4, 0.5) is 5.82 Å². The number of rotatable bonds is 4. The number of aromatic nitrogens is 2. The number of anilines is 1. The summed E-state index contributed by atoms with van der Waals surface area (Å²) in [6.45, 7) is 4.70. The number of fused-ring (bicyclic) bond motifs is 1. The van der Waals surface area contributed by atoms with E-state index in [0.29, 0.717) is 0 Å². The lowest BCUT2D eigenvalue weighted by Gasteiger charge is -2.26. The van der Waals surface area contributed by atoms with Gasteiger partial charge in [-0.05, 0) is 69.5 Å². The molecule has 4 nitrogen and oxygen atoms in total. The molecule has 2 aliphatic heterocycles. The molecule has 134 valence electrons. The Morgan fingerprint density at radius 3 is 2.60 bits per heavy atom. The monoisotopic (exact) mass is 402 g/mol. The molecule has 0 amide bonds. The summed E-state index contributed by atoms with van der Waals surface area (Å²) in [4.78, 5) is 2.61. The zero-order chi connectivity index (χ0) is 17.1. The molecular formula is C20H27BrN4. The average Bonchev–Trinajstić information content (AvgIpc) is 2.82. The summed E-state index contributed by atoms with van der Waals surface area (Å²) in [5.41, 5.74) is 3.87. The molecule has 4 rings (SSSR count). The van der Waals surface area contributed by atoms with Crippen molar-refractivity contribution in [2.75, 3.05) is 31.5 Å². The predicted molar refractivity (Wildman–Crippen MR) is 107 cm³/mol. The maximum absolute atomic E-state index is 5.03. The second kappa shape index (κ2) is 7.92. The Bertz CT molecular complexity index is 701. The highest BCUT2D eigenvalue weighted by Crippen LogP contribution is 2.29. The van der Waals surface area contributed by atoms with Gasteiger partial charge in [-0.2, -0.15) is 5.10 Å². The molecule has 0 atom stereocenters. The Labute approximate surface area is 158 Å². The molecule has 25 heavy (non-hydrogen) atoms. The zero-order valence-electron chi connectivity index (χ0n) is 14.8. The van der Waals surface area contributed by atoms with E-state index in [4.69, 9.17) is 5.10 Å². The fourth-order valence-electron chi connectivity index (χ4n) is 3.99. The molecule has 1 aromatic heterocycles. The maximum Gasteiger partial charge on any atom is 0.133 e. The molecule has 5 heteroatoms. The minimum atomic E-state index is 1.04. The van der Waals surface area contributed by atoms with Crippen LogP contribution in [-0.4, -0.2) is 40.9 Å². The van der Waals surface area contributed by atoms with E-state index in [-0.39, 0.29) is 0 Å². The van der Waals surface area contributed by atoms with Crippen LogP contribution in [-0.2, 0) is 12.8 Å². The Kier molecular flexibility index (Phi) is 5.42. The van der Waals surface area contributed by atoms with Crippen molar-refractivity contribution in [2.24, 2.45) is 0 Å². The lowest BCUT2D eigenvalue weighted by atomic mass is 10.1. The molecule has 0 radical (unpaired) electrons. The normalized spacial score (nSPS) is 18.4. The summed E-state index contributed by atoms with van der Waals surface area (Å²) >= 11 is 3.53. The number of nitrogens with one attached hydrogen (secondary N) is 1. The number of likely N-dealkylation sites (tertiary alicyclic amines) is 1. The number of halogens is 1. The molecule has 1 saturated heterocycles. The van der Waals surface area contributed by atoms with Crippen LogP contribution in [0, 0.1) is 0 Å². The highest BCUT2D eigenvalue weighted by Gasteiger charge is 2.21. The van der Waals surface area contributed by atoms with E-state index < -0.39 is 0 Å². The van der Waals surface area contributed by atoms with Crippen molar-refractivity contribution in [3.8, 4) is 5.69 Å². The molecule has 0 spiro atoms. The van der Waals surface area contributed by atoms with Gasteiger partial charge in [0, 0.05) is 29.5 Å². The van der Waals surface area contributed by atoms with Crippen LogP contribution in [0.1, 0.15) is 43.4 Å². The van der Waals surface area contributed by atoms with E-state index in [1.54, 1.807) is 0 Å². The molecule has 2 aliphatic rings. The Balaban J connectivity index is 1.60. The molecule has 1 aromatic carbocycles. The number of piperidine rings is 1. The van der Waals surface area contributed by atoms with Crippen molar-refractivity contribution in [2.45, 2.75) is 44.9 Å². The van der Waals surface area contributed by atoms with Crippen LogP contribution in [0.3, 0.4) is 0 Å². The lowest BCUT2D eigenvalue weighted by Crippen LogP contribution is -2.31. The van der Waals surface area contributed by atoms with E-state index in [2.05, 4.69) is 55.1 Å². The van der Waals surface area contributed by atoms with Crippen molar-refractivity contribution in [3.05, 3.63) is 40.0 Å². The summed E-state index contributed by atoms with van der Waals surface area (Å²) in [7, 11) is 0. The summed E-state index contributed by atoms with van der Waals surface area (Å²) in [5.74, 6) is 1.22. The summed E-state index contributed by atoms with van der Waals surface area (Å²) in [5, 5.41) is 8.67. The van der Waals surface area contributed by atoms with E-state index >= 15 is 0 Å². The SMILES string of the molecule is Brc1ccc(-n2nc(CCN3CCCCC3)c3c2NCCCC3)cc1. The van der Waals surface area contributed by atoms with Gasteiger partial charge < -0.3 is 10.2 Å². The van der Waals surface area contributed by atoms with Gasteiger partial charge in [0.1, 0.15) is 5.82 Å². The van der Waals surface area contributed by atoms with Crippen LogP contribution >= 0.6 is 15.9 Å². The molecular weight excluding hydrogens is 376 g/mol. The number of hydrogen-bond donors (Lipinski definition) is 1. The number of nitrogens with zero attached hydrogens (tertiary/aromatic N) is 3. The van der Waals surface area contributed by atoms with Crippen molar-refractivity contribution in [1.29, 1.82) is 0 Å². The summed E-state index contributed by atoms with van der Waals surface area (Å²) in [6.07, 6.45) is 8.80. The third-order valence-corrected chi connectivity index (χ3v) is 5.93. The van der Waals surface area contributed by atoms with Crippen molar-refractivity contribution < 1.29 is 0 Å². The molecule has 1 N–H and O–H groups in total. The smallest absolute Gasteiger partial charge is 0.133 e. The van der Waals surface area contributed by atoms with E-state index in [0.717, 1.165) is 36.1 Å². The molecule has 3 heterocycles. The first kappa shape index (κ1) is 17.1. The summed E-state index contributed by atoms with van der Waals surface area (Å²) in [6, 6.07) is 8.46. The second-order valence-electron chi connectivity index (χ2n) is 7.20. The minimum Gasteiger partial charge on any atom is -0.370 e. The minimum absolute atomic E-state index is 1.04. The van der Waals surface area contributed by atoms with Gasteiger partial charge in [-0.25, -0.2) is 4.68 Å². The first-order valence-electron chi connectivity index (χ1n) is 9.64. The summed E-state index contributed by atoms with van der Waals surface area (Å²) < 4.78 is 3.23. The Morgan fingerprint density at radius 2 is 1.80 bits per heavy atom. The molecule has 0 bridgehead atoms. The predicted octanol–water partition coefficient (Wildman–Crippen LogP) is 4.41. The van der Waals surface area contributed by atoms with E-state index in [1.807, 2.05) is 0 Å². The number of benzene rings is 1. The fourth-order valence-corrected chi connectivity index (χ4v) is 4.25. The first-order valence-corrected chi connectivity index (χ1v) is 10.4. The Hall–Kier alpha value is -1.33. The third kappa shape index (κ3) is 3.93. The Morgan fingerprint density at radius 1 is 1.00 bits per heavy atom. The van der Waals surface area contributed by atoms with Crippen LogP contribution in [0.5, 0.6) is 0 Å². The van der Waals surface area contributed by atoms with E-state index in [1.165, 1.54) is 62.3 Å². The molecule has 0 saturated carbocycles. The quantitative estimate of drug-likeness (QED) is 0.821. The highest BCUT2D eigenvalue weighted by atomic mass is 79.9. The second-order valence-corrected chi connectivity index (χ2v) is 8.11. The molecule has 0 unspecified atom stereocenters. The van der Waals surface area contributed by atoms with Gasteiger partial charge in [0.15, 0.2) is 0 Å². The average molecular weight is 403 g/mol. The van der Waals surface area contributed by atoms with Gasteiger partial charge in [0.25, 0.3) is 0 Å². The van der Waals surface area contributed by atoms with Crippen LogP contribution in [0.2, 0.25) is 0 Å². The third-order valence-electron chi connectivity index (χ3n) is 5.40. The van der Waals surface area contributed by atoms with Gasteiger partial charge in [-0.3, -0.25) is 0 Å². The van der Waals surface area contributed by atoms with Gasteiger partial charge in [0.2, 0.25) is 0 Å². The van der Waals surface area contributed by atoms with Crippen molar-refractivity contribution >= 4 is 21.7 Å². The molecule has 2 aromatic rings. The zero-order valence-corrected chi connectivity index (χ0v) is 16.4. The highest BCUT2D eigenvalue weighted by molar-refractivity contribution is 9.10. The van der Waals surface area contributed by atoms with Gasteiger partial charge in [0.05, 0.1) is 11.4 Å². The first-order chi connectivity index (χ1) is 12.3. The van der Waals surface area contributed by atoms with Crippen LogP contribution < -0.4 is 5.32 Å². The standard InChI is InChI=1S/C20H27BrN4/c21-16-7-9-17(10-8-16)25-20-18(6-2-3-12-22-20)19(23-25)11-15-24-13-4-1-5-14-24/h7-10,22H,1-6,11-15H2. The largest absolute Gasteiger partial charge is 0.370 e. The maximum atomic E-state index is 5.03. The van der Waals surface area contributed by atoms with Gasteiger partial charge in [-0.1, -0.05) is 22.4 Å². The molecule has 0 aliphatic carbocycles. The topological polar surface area (TPSA) is 33.1 Å². The van der Waals surface area contributed by atoms with E-state index in [9.17, 15) is 0 Å².